The molecule has 0 aliphatic carbocycles. The van der Waals surface area contributed by atoms with Gasteiger partial charge in [-0.3, -0.25) is 4.79 Å². The molecule has 0 aliphatic rings. The predicted octanol–water partition coefficient (Wildman–Crippen LogP) is 5.49. The Kier molecular flexibility index (Phi) is 6.09. The van der Waals surface area contributed by atoms with Crippen LogP contribution < -0.4 is 4.90 Å². The molecule has 4 rings (SSSR count). The molecule has 0 saturated carbocycles. The Morgan fingerprint density at radius 2 is 1.62 bits per heavy atom. The number of fused-ring (bicyclic) bond motifs is 1. The molecule has 0 unspecified atom stereocenters. The van der Waals surface area contributed by atoms with Gasteiger partial charge >= 0.3 is 0 Å². The van der Waals surface area contributed by atoms with Crippen LogP contribution in [0, 0.1) is 6.92 Å². The summed E-state index contributed by atoms with van der Waals surface area (Å²) in [5, 5.41) is 1.04. The number of sulfone groups is 1. The van der Waals surface area contributed by atoms with Crippen molar-refractivity contribution in [2.24, 2.45) is 0 Å². The van der Waals surface area contributed by atoms with E-state index in [4.69, 9.17) is 11.6 Å². The molecule has 0 spiro atoms. The minimum absolute atomic E-state index is 0.0266. The van der Waals surface area contributed by atoms with E-state index in [1.807, 2.05) is 50.2 Å². The number of amides is 1. The molecule has 3 aromatic carbocycles. The Bertz CT molecular complexity index is 1390. The van der Waals surface area contributed by atoms with Crippen LogP contribution in [-0.4, -0.2) is 25.4 Å². The molecule has 0 N–H and O–H groups in total. The van der Waals surface area contributed by atoms with Crippen LogP contribution in [0.2, 0.25) is 5.02 Å². The summed E-state index contributed by atoms with van der Waals surface area (Å²) in [5.74, 6) is -0.113. The van der Waals surface area contributed by atoms with E-state index in [9.17, 15) is 13.2 Å². The fourth-order valence-corrected chi connectivity index (χ4v) is 5.48. The number of likely N-dealkylation sites (N-methyl/N-ethyl adjacent to an activating group) is 1. The lowest BCUT2D eigenvalue weighted by Crippen LogP contribution is -2.34. The molecule has 0 fully saturated rings. The van der Waals surface area contributed by atoms with Gasteiger partial charge in [0.25, 0.3) is 0 Å². The molecular weight excluding hydrogens is 444 g/mol. The maximum Gasteiger partial charge on any atom is 0.246 e. The zero-order valence-electron chi connectivity index (χ0n) is 17.8. The SMILES string of the molecule is CCN(C(=O)Cn1cc(S(=O)(=O)c2ccc(Cl)cc2)c2ccccc21)c1ccccc1C. The average molecular weight is 467 g/mol. The molecule has 32 heavy (non-hydrogen) atoms. The van der Waals surface area contributed by atoms with E-state index in [-0.39, 0.29) is 22.2 Å². The van der Waals surface area contributed by atoms with Gasteiger partial charge in [0, 0.05) is 34.4 Å². The summed E-state index contributed by atoms with van der Waals surface area (Å²) < 4.78 is 28.4. The fraction of sp³-hybridized carbons (Fsp3) is 0.160. The lowest BCUT2D eigenvalue weighted by Gasteiger charge is -2.23. The number of nitrogens with zero attached hydrogens (tertiary/aromatic N) is 2. The molecule has 0 radical (unpaired) electrons. The molecule has 1 amide bonds. The summed E-state index contributed by atoms with van der Waals surface area (Å²) in [5.41, 5.74) is 2.55. The molecule has 0 bridgehead atoms. The molecule has 0 saturated heterocycles. The van der Waals surface area contributed by atoms with Gasteiger partial charge in [-0.15, -0.1) is 0 Å². The van der Waals surface area contributed by atoms with Crippen LogP contribution in [0.25, 0.3) is 10.9 Å². The van der Waals surface area contributed by atoms with Crippen LogP contribution in [0.3, 0.4) is 0 Å². The first-order valence-electron chi connectivity index (χ1n) is 10.3. The Morgan fingerprint density at radius 3 is 2.31 bits per heavy atom. The van der Waals surface area contributed by atoms with Gasteiger partial charge in [0.1, 0.15) is 6.54 Å². The second-order valence-corrected chi connectivity index (χ2v) is 9.87. The van der Waals surface area contributed by atoms with Crippen molar-refractivity contribution >= 4 is 43.9 Å². The number of para-hydroxylation sites is 2. The summed E-state index contributed by atoms with van der Waals surface area (Å²) in [6.07, 6.45) is 1.55. The lowest BCUT2D eigenvalue weighted by atomic mass is 10.2. The summed E-state index contributed by atoms with van der Waals surface area (Å²) in [4.78, 5) is 15.3. The number of hydrogen-bond acceptors (Lipinski definition) is 3. The number of carbonyl (C=O) groups excluding carboxylic acids is 1. The van der Waals surface area contributed by atoms with Crippen LogP contribution >= 0.6 is 11.6 Å². The summed E-state index contributed by atoms with van der Waals surface area (Å²) in [7, 11) is -3.79. The van der Waals surface area contributed by atoms with Crippen molar-refractivity contribution in [1.82, 2.24) is 4.57 Å². The molecule has 164 valence electrons. The van der Waals surface area contributed by atoms with Crippen molar-refractivity contribution in [2.75, 3.05) is 11.4 Å². The third kappa shape index (κ3) is 4.04. The molecule has 7 heteroatoms. The van der Waals surface area contributed by atoms with Gasteiger partial charge in [-0.05, 0) is 55.8 Å². The number of carbonyl (C=O) groups is 1. The number of aryl methyl sites for hydroxylation is 1. The van der Waals surface area contributed by atoms with Crippen molar-refractivity contribution in [3.63, 3.8) is 0 Å². The summed E-state index contributed by atoms with van der Waals surface area (Å²) >= 11 is 5.93. The van der Waals surface area contributed by atoms with Gasteiger partial charge in [0.05, 0.1) is 9.79 Å². The normalized spacial score (nSPS) is 11.6. The highest BCUT2D eigenvalue weighted by Crippen LogP contribution is 2.31. The number of rotatable bonds is 6. The topological polar surface area (TPSA) is 59.4 Å². The van der Waals surface area contributed by atoms with Gasteiger partial charge in [0.2, 0.25) is 15.7 Å². The third-order valence-corrected chi connectivity index (χ3v) is 7.54. The zero-order chi connectivity index (χ0) is 22.9. The zero-order valence-corrected chi connectivity index (χ0v) is 19.4. The van der Waals surface area contributed by atoms with E-state index in [1.165, 1.54) is 12.1 Å². The first-order chi connectivity index (χ1) is 15.3. The number of benzene rings is 3. The second kappa shape index (κ2) is 8.81. The fourth-order valence-electron chi connectivity index (χ4n) is 3.88. The highest BCUT2D eigenvalue weighted by atomic mass is 35.5. The Hall–Kier alpha value is -3.09. The first kappa shape index (κ1) is 22.1. The Labute approximate surface area is 192 Å². The van der Waals surface area contributed by atoms with Crippen molar-refractivity contribution in [3.05, 3.63) is 89.6 Å². The standard InChI is InChI=1S/C25H23ClN2O3S/c1-3-28(22-10-6-4-8-18(22)2)25(29)17-27-16-24(21-9-5-7-11-23(21)27)32(30,31)20-14-12-19(26)13-15-20/h4-16H,3,17H2,1-2H3. The number of halogens is 1. The van der Waals surface area contributed by atoms with Crippen LogP contribution in [0.4, 0.5) is 5.69 Å². The molecule has 4 aromatic rings. The van der Waals surface area contributed by atoms with E-state index >= 15 is 0 Å². The quantitative estimate of drug-likeness (QED) is 0.377. The van der Waals surface area contributed by atoms with Crippen molar-refractivity contribution in [1.29, 1.82) is 0 Å². The third-order valence-electron chi connectivity index (χ3n) is 5.49. The summed E-state index contributed by atoms with van der Waals surface area (Å²) in [6.45, 7) is 4.43. The van der Waals surface area contributed by atoms with Crippen molar-refractivity contribution in [2.45, 2.75) is 30.2 Å². The highest BCUT2D eigenvalue weighted by molar-refractivity contribution is 7.91. The highest BCUT2D eigenvalue weighted by Gasteiger charge is 2.25. The molecule has 0 aliphatic heterocycles. The van der Waals surface area contributed by atoms with Gasteiger partial charge in [-0.1, -0.05) is 48.0 Å². The minimum atomic E-state index is -3.79. The molecule has 1 heterocycles. The van der Waals surface area contributed by atoms with Crippen LogP contribution in [0.5, 0.6) is 0 Å². The molecular formula is C25H23ClN2O3S. The van der Waals surface area contributed by atoms with Gasteiger partial charge in [-0.25, -0.2) is 8.42 Å². The summed E-state index contributed by atoms with van der Waals surface area (Å²) in [6, 6.07) is 21.0. The van der Waals surface area contributed by atoms with Gasteiger partial charge < -0.3 is 9.47 Å². The smallest absolute Gasteiger partial charge is 0.246 e. The average Bonchev–Trinajstić information content (AvgIpc) is 3.15. The molecule has 0 atom stereocenters. The predicted molar refractivity (Wildman–Crippen MR) is 128 cm³/mol. The van der Waals surface area contributed by atoms with Crippen molar-refractivity contribution in [3.8, 4) is 0 Å². The van der Waals surface area contributed by atoms with Crippen LogP contribution in [0.15, 0.2) is 88.8 Å². The maximum absolute atomic E-state index is 13.4. The minimum Gasteiger partial charge on any atom is -0.337 e. The van der Waals surface area contributed by atoms with E-state index in [1.54, 1.807) is 39.9 Å². The molecule has 5 nitrogen and oxygen atoms in total. The first-order valence-corrected chi connectivity index (χ1v) is 12.1. The Morgan fingerprint density at radius 1 is 0.969 bits per heavy atom. The number of aromatic nitrogens is 1. The van der Waals surface area contributed by atoms with Crippen LogP contribution in [-0.2, 0) is 21.2 Å². The molecule has 1 aromatic heterocycles. The number of anilines is 1. The van der Waals surface area contributed by atoms with Crippen LogP contribution in [0.1, 0.15) is 12.5 Å². The van der Waals surface area contributed by atoms with E-state index in [0.717, 1.165) is 11.3 Å². The van der Waals surface area contributed by atoms with Gasteiger partial charge in [-0.2, -0.15) is 0 Å². The van der Waals surface area contributed by atoms with E-state index in [0.29, 0.717) is 22.5 Å². The maximum atomic E-state index is 13.4. The Balaban J connectivity index is 1.76. The van der Waals surface area contributed by atoms with Crippen molar-refractivity contribution < 1.29 is 13.2 Å². The second-order valence-electron chi connectivity index (χ2n) is 7.52. The van der Waals surface area contributed by atoms with E-state index in [2.05, 4.69) is 0 Å². The lowest BCUT2D eigenvalue weighted by molar-refractivity contribution is -0.119. The number of hydrogen-bond donors (Lipinski definition) is 0. The van der Waals surface area contributed by atoms with Gasteiger partial charge in [0.15, 0.2) is 0 Å². The van der Waals surface area contributed by atoms with E-state index < -0.39 is 9.84 Å². The largest absolute Gasteiger partial charge is 0.337 e. The monoisotopic (exact) mass is 466 g/mol.